The van der Waals surface area contributed by atoms with E-state index in [1.165, 1.54) is 0 Å². The third-order valence-electron chi connectivity index (χ3n) is 5.62. The minimum atomic E-state index is -0.446. The van der Waals surface area contributed by atoms with Crippen LogP contribution in [-0.4, -0.2) is 39.6 Å². The average Bonchev–Trinajstić information content (AvgIpc) is 3.47. The van der Waals surface area contributed by atoms with Crippen molar-refractivity contribution >= 4 is 11.8 Å². The number of rotatable bonds is 6. The lowest BCUT2D eigenvalue weighted by Gasteiger charge is -2.23. The predicted octanol–water partition coefficient (Wildman–Crippen LogP) is 3.10. The van der Waals surface area contributed by atoms with Crippen LogP contribution in [-0.2, 0) is 22.6 Å². The van der Waals surface area contributed by atoms with Gasteiger partial charge in [-0.1, -0.05) is 34.6 Å². The van der Waals surface area contributed by atoms with Gasteiger partial charge < -0.3 is 19.3 Å². The Labute approximate surface area is 180 Å². The number of hydrogen-bond donors (Lipinski definition) is 1. The van der Waals surface area contributed by atoms with Gasteiger partial charge in [-0.2, -0.15) is 0 Å². The molecule has 1 aromatic carbocycles. The van der Waals surface area contributed by atoms with Crippen LogP contribution < -0.4 is 5.32 Å². The lowest BCUT2D eigenvalue weighted by molar-refractivity contribution is -0.138. The van der Waals surface area contributed by atoms with Crippen LogP contribution in [0, 0.1) is 20.8 Å². The molecule has 2 aromatic heterocycles. The SMILES string of the molecule is Cc1cc(CC(=O)N2CCCC2C(=O)NCc2ccc(-c3c(C)noc3C)cc2)on1. The topological polar surface area (TPSA) is 101 Å². The molecule has 1 N–H and O–H groups in total. The van der Waals surface area contributed by atoms with Crippen LogP contribution >= 0.6 is 0 Å². The van der Waals surface area contributed by atoms with Crippen molar-refractivity contribution in [3.8, 4) is 11.1 Å². The number of benzene rings is 1. The molecule has 1 unspecified atom stereocenters. The summed E-state index contributed by atoms with van der Waals surface area (Å²) in [5, 5.41) is 10.8. The molecule has 0 aliphatic carbocycles. The van der Waals surface area contributed by atoms with Gasteiger partial charge in [0, 0.05) is 24.7 Å². The van der Waals surface area contributed by atoms with Crippen molar-refractivity contribution < 1.29 is 18.6 Å². The molecule has 1 fully saturated rings. The summed E-state index contributed by atoms with van der Waals surface area (Å²) >= 11 is 0. The molecule has 0 spiro atoms. The van der Waals surface area contributed by atoms with Crippen LogP contribution in [0.25, 0.3) is 11.1 Å². The highest BCUT2D eigenvalue weighted by atomic mass is 16.5. The summed E-state index contributed by atoms with van der Waals surface area (Å²) in [5.74, 6) is 1.06. The molecule has 1 aliphatic heterocycles. The lowest BCUT2D eigenvalue weighted by atomic mass is 10.0. The molecule has 0 saturated carbocycles. The number of carbonyl (C=O) groups is 2. The van der Waals surface area contributed by atoms with Crippen molar-refractivity contribution in [2.75, 3.05) is 6.54 Å². The highest BCUT2D eigenvalue weighted by molar-refractivity contribution is 5.88. The number of nitrogens with one attached hydrogen (secondary N) is 1. The van der Waals surface area contributed by atoms with Gasteiger partial charge in [-0.05, 0) is 44.7 Å². The van der Waals surface area contributed by atoms with E-state index in [-0.39, 0.29) is 18.2 Å². The molecule has 162 valence electrons. The van der Waals surface area contributed by atoms with Crippen LogP contribution in [0.1, 0.15) is 41.3 Å². The van der Waals surface area contributed by atoms with E-state index in [2.05, 4.69) is 15.6 Å². The van der Waals surface area contributed by atoms with Gasteiger partial charge in [0.15, 0.2) is 0 Å². The molecule has 3 aromatic rings. The third-order valence-corrected chi connectivity index (χ3v) is 5.62. The van der Waals surface area contributed by atoms with Gasteiger partial charge in [0.1, 0.15) is 17.6 Å². The van der Waals surface area contributed by atoms with Crippen LogP contribution in [0.3, 0.4) is 0 Å². The van der Waals surface area contributed by atoms with Gasteiger partial charge in [0.05, 0.1) is 17.8 Å². The molecular weight excluding hydrogens is 396 g/mol. The lowest BCUT2D eigenvalue weighted by Crippen LogP contribution is -2.46. The van der Waals surface area contributed by atoms with E-state index in [4.69, 9.17) is 9.05 Å². The van der Waals surface area contributed by atoms with Crippen LogP contribution in [0.2, 0.25) is 0 Å². The molecule has 31 heavy (non-hydrogen) atoms. The first-order valence-electron chi connectivity index (χ1n) is 10.4. The summed E-state index contributed by atoms with van der Waals surface area (Å²) in [6.45, 7) is 6.60. The summed E-state index contributed by atoms with van der Waals surface area (Å²) in [6.07, 6.45) is 1.59. The summed E-state index contributed by atoms with van der Waals surface area (Å²) in [5.41, 5.74) is 4.60. The predicted molar refractivity (Wildman–Crippen MR) is 113 cm³/mol. The average molecular weight is 422 g/mol. The molecule has 2 amide bonds. The van der Waals surface area contributed by atoms with Gasteiger partial charge in [0.25, 0.3) is 0 Å². The van der Waals surface area contributed by atoms with Gasteiger partial charge in [0.2, 0.25) is 11.8 Å². The van der Waals surface area contributed by atoms with Gasteiger partial charge in [-0.3, -0.25) is 9.59 Å². The monoisotopic (exact) mass is 422 g/mol. The number of aromatic nitrogens is 2. The maximum atomic E-state index is 12.8. The zero-order valence-corrected chi connectivity index (χ0v) is 18.0. The van der Waals surface area contributed by atoms with E-state index in [0.717, 1.165) is 40.3 Å². The van der Waals surface area contributed by atoms with E-state index >= 15 is 0 Å². The molecule has 0 bridgehead atoms. The van der Waals surface area contributed by atoms with E-state index in [1.807, 2.05) is 45.0 Å². The summed E-state index contributed by atoms with van der Waals surface area (Å²) in [6, 6.07) is 9.25. The highest BCUT2D eigenvalue weighted by Gasteiger charge is 2.34. The minimum absolute atomic E-state index is 0.113. The first kappa shape index (κ1) is 20.8. The molecule has 8 nitrogen and oxygen atoms in total. The van der Waals surface area contributed by atoms with Crippen molar-refractivity contribution in [3.63, 3.8) is 0 Å². The van der Waals surface area contributed by atoms with E-state index < -0.39 is 6.04 Å². The number of carbonyl (C=O) groups excluding carboxylic acids is 2. The normalized spacial score (nSPS) is 16.0. The Morgan fingerprint density at radius 1 is 1.13 bits per heavy atom. The minimum Gasteiger partial charge on any atom is -0.361 e. The fourth-order valence-electron chi connectivity index (χ4n) is 4.08. The Kier molecular flexibility index (Phi) is 5.88. The Morgan fingerprint density at radius 2 is 1.90 bits per heavy atom. The first-order chi connectivity index (χ1) is 14.9. The molecule has 3 heterocycles. The van der Waals surface area contributed by atoms with Crippen molar-refractivity contribution in [3.05, 3.63) is 58.8 Å². The molecule has 8 heteroatoms. The fraction of sp³-hybridized carbons (Fsp3) is 0.391. The third kappa shape index (κ3) is 4.52. The Balaban J connectivity index is 1.35. The van der Waals surface area contributed by atoms with Crippen molar-refractivity contribution in [2.24, 2.45) is 0 Å². The number of nitrogens with zero attached hydrogens (tertiary/aromatic N) is 3. The summed E-state index contributed by atoms with van der Waals surface area (Å²) in [4.78, 5) is 27.1. The summed E-state index contributed by atoms with van der Waals surface area (Å²) in [7, 11) is 0. The number of amides is 2. The molecule has 1 saturated heterocycles. The number of likely N-dealkylation sites (tertiary alicyclic amines) is 1. The van der Waals surface area contributed by atoms with E-state index in [0.29, 0.717) is 25.3 Å². The second-order valence-electron chi connectivity index (χ2n) is 7.97. The Morgan fingerprint density at radius 3 is 2.55 bits per heavy atom. The zero-order valence-electron chi connectivity index (χ0n) is 18.0. The molecule has 0 radical (unpaired) electrons. The largest absolute Gasteiger partial charge is 0.361 e. The van der Waals surface area contributed by atoms with Gasteiger partial charge >= 0.3 is 0 Å². The Bertz CT molecular complexity index is 1060. The van der Waals surface area contributed by atoms with Gasteiger partial charge in [-0.15, -0.1) is 0 Å². The van der Waals surface area contributed by atoms with Crippen molar-refractivity contribution in [1.82, 2.24) is 20.5 Å². The zero-order chi connectivity index (χ0) is 22.0. The molecule has 1 aliphatic rings. The molecule has 1 atom stereocenters. The Hall–Kier alpha value is -3.42. The quantitative estimate of drug-likeness (QED) is 0.655. The van der Waals surface area contributed by atoms with Crippen LogP contribution in [0.4, 0.5) is 0 Å². The maximum absolute atomic E-state index is 12.8. The van der Waals surface area contributed by atoms with Crippen molar-refractivity contribution in [1.29, 1.82) is 0 Å². The maximum Gasteiger partial charge on any atom is 0.243 e. The number of aryl methyl sites for hydroxylation is 3. The number of hydrogen-bond acceptors (Lipinski definition) is 6. The second-order valence-corrected chi connectivity index (χ2v) is 7.97. The fourth-order valence-corrected chi connectivity index (χ4v) is 4.08. The summed E-state index contributed by atoms with van der Waals surface area (Å²) < 4.78 is 10.4. The highest BCUT2D eigenvalue weighted by Crippen LogP contribution is 2.27. The van der Waals surface area contributed by atoms with E-state index in [9.17, 15) is 9.59 Å². The smallest absolute Gasteiger partial charge is 0.243 e. The second kappa shape index (κ2) is 8.75. The van der Waals surface area contributed by atoms with Crippen LogP contribution in [0.15, 0.2) is 39.4 Å². The first-order valence-corrected chi connectivity index (χ1v) is 10.4. The molecular formula is C23H26N4O4. The van der Waals surface area contributed by atoms with Gasteiger partial charge in [-0.25, -0.2) is 0 Å². The van der Waals surface area contributed by atoms with E-state index in [1.54, 1.807) is 11.0 Å². The standard InChI is InChI=1S/C23H26N4O4/c1-14-11-19(31-25-14)12-21(28)27-10-4-5-20(27)23(29)24-13-17-6-8-18(9-7-17)22-15(2)26-30-16(22)3/h6-9,11,20H,4-5,10,12-13H2,1-3H3,(H,24,29). The molecule has 4 rings (SSSR count). The van der Waals surface area contributed by atoms with Crippen molar-refractivity contribution in [2.45, 2.75) is 52.6 Å². The van der Waals surface area contributed by atoms with Crippen LogP contribution in [0.5, 0.6) is 0 Å².